The maximum absolute atomic E-state index is 10.9. The van der Waals surface area contributed by atoms with Crippen LogP contribution in [0, 0.1) is 0 Å². The second-order valence-electron chi connectivity index (χ2n) is 4.49. The highest BCUT2D eigenvalue weighted by molar-refractivity contribution is 6.31. The highest BCUT2D eigenvalue weighted by atomic mass is 35.5. The van der Waals surface area contributed by atoms with Gasteiger partial charge in [0.15, 0.2) is 6.29 Å². The standard InChI is InChI=1S/C12H16ClNO2/c1-12(2,16)8-14(3)11-5-4-10(13)6-9(11)7-15/h4-7,16H,8H2,1-3H3. The Kier molecular flexibility index (Phi) is 3.94. The maximum Gasteiger partial charge on any atom is 0.152 e. The molecule has 0 atom stereocenters. The number of halogens is 1. The average molecular weight is 242 g/mol. The number of hydrogen-bond donors (Lipinski definition) is 1. The number of nitrogens with zero attached hydrogens (tertiary/aromatic N) is 1. The van der Waals surface area contributed by atoms with Crippen molar-refractivity contribution in [1.82, 2.24) is 0 Å². The molecule has 1 rings (SSSR count). The van der Waals surface area contributed by atoms with Crippen LogP contribution in [0.5, 0.6) is 0 Å². The largest absolute Gasteiger partial charge is 0.389 e. The van der Waals surface area contributed by atoms with Crippen LogP contribution in [0.4, 0.5) is 5.69 Å². The molecule has 88 valence electrons. The zero-order valence-electron chi connectivity index (χ0n) is 9.70. The Balaban J connectivity index is 2.99. The predicted octanol–water partition coefficient (Wildman–Crippen LogP) is 2.36. The molecule has 0 aromatic heterocycles. The highest BCUT2D eigenvalue weighted by Crippen LogP contribution is 2.23. The molecule has 0 aliphatic heterocycles. The van der Waals surface area contributed by atoms with Crippen LogP contribution >= 0.6 is 11.6 Å². The average Bonchev–Trinajstić information content (AvgIpc) is 2.14. The van der Waals surface area contributed by atoms with Crippen LogP contribution in [0.3, 0.4) is 0 Å². The van der Waals surface area contributed by atoms with Crippen molar-refractivity contribution in [3.63, 3.8) is 0 Å². The van der Waals surface area contributed by atoms with Crippen molar-refractivity contribution in [2.24, 2.45) is 0 Å². The number of carbonyl (C=O) groups is 1. The molecule has 16 heavy (non-hydrogen) atoms. The summed E-state index contributed by atoms with van der Waals surface area (Å²) in [6.07, 6.45) is 0.766. The molecule has 0 saturated heterocycles. The number of carbonyl (C=O) groups excluding carboxylic acids is 1. The number of anilines is 1. The van der Waals surface area contributed by atoms with E-state index in [1.165, 1.54) is 0 Å². The Morgan fingerprint density at radius 1 is 1.50 bits per heavy atom. The quantitative estimate of drug-likeness (QED) is 0.823. The molecule has 0 aliphatic rings. The van der Waals surface area contributed by atoms with E-state index in [2.05, 4.69) is 0 Å². The maximum atomic E-state index is 10.9. The zero-order chi connectivity index (χ0) is 12.3. The molecule has 0 heterocycles. The molecule has 3 nitrogen and oxygen atoms in total. The van der Waals surface area contributed by atoms with Gasteiger partial charge in [-0.25, -0.2) is 0 Å². The summed E-state index contributed by atoms with van der Waals surface area (Å²) in [5.41, 5.74) is 0.481. The lowest BCUT2D eigenvalue weighted by Crippen LogP contribution is -2.36. The summed E-state index contributed by atoms with van der Waals surface area (Å²) < 4.78 is 0. The molecule has 0 spiro atoms. The van der Waals surface area contributed by atoms with Crippen molar-refractivity contribution in [3.8, 4) is 0 Å². The van der Waals surface area contributed by atoms with Gasteiger partial charge in [0, 0.05) is 29.9 Å². The van der Waals surface area contributed by atoms with Gasteiger partial charge in [0.1, 0.15) is 0 Å². The summed E-state index contributed by atoms with van der Waals surface area (Å²) in [7, 11) is 1.83. The number of likely N-dealkylation sites (N-methyl/N-ethyl adjacent to an activating group) is 1. The van der Waals surface area contributed by atoms with Crippen molar-refractivity contribution in [1.29, 1.82) is 0 Å². The molecule has 0 aliphatic carbocycles. The van der Waals surface area contributed by atoms with Crippen LogP contribution in [0.1, 0.15) is 24.2 Å². The third kappa shape index (κ3) is 3.51. The molecule has 4 heteroatoms. The van der Waals surface area contributed by atoms with Gasteiger partial charge in [-0.1, -0.05) is 11.6 Å². The number of aliphatic hydroxyl groups is 1. The van der Waals surface area contributed by atoms with Gasteiger partial charge in [-0.05, 0) is 32.0 Å². The molecule has 1 N–H and O–H groups in total. The van der Waals surface area contributed by atoms with Crippen molar-refractivity contribution < 1.29 is 9.90 Å². The van der Waals surface area contributed by atoms with E-state index in [1.807, 2.05) is 11.9 Å². The molecular formula is C12H16ClNO2. The van der Waals surface area contributed by atoms with Gasteiger partial charge in [-0.15, -0.1) is 0 Å². The smallest absolute Gasteiger partial charge is 0.152 e. The molecular weight excluding hydrogens is 226 g/mol. The summed E-state index contributed by atoms with van der Waals surface area (Å²) >= 11 is 5.81. The molecule has 1 aromatic carbocycles. The lowest BCUT2D eigenvalue weighted by molar-refractivity contribution is 0.0884. The van der Waals surface area contributed by atoms with E-state index in [0.29, 0.717) is 17.1 Å². The third-order valence-electron chi connectivity index (χ3n) is 2.15. The van der Waals surface area contributed by atoms with Crippen LogP contribution in [-0.4, -0.2) is 30.6 Å². The summed E-state index contributed by atoms with van der Waals surface area (Å²) in [5, 5.41) is 10.2. The summed E-state index contributed by atoms with van der Waals surface area (Å²) in [6.45, 7) is 3.88. The van der Waals surface area contributed by atoms with E-state index < -0.39 is 5.60 Å². The Labute approximate surface area is 101 Å². The highest BCUT2D eigenvalue weighted by Gasteiger charge is 2.17. The zero-order valence-corrected chi connectivity index (χ0v) is 10.5. The van der Waals surface area contributed by atoms with Crippen molar-refractivity contribution in [3.05, 3.63) is 28.8 Å². The van der Waals surface area contributed by atoms with Crippen LogP contribution in [0.15, 0.2) is 18.2 Å². The van der Waals surface area contributed by atoms with E-state index in [1.54, 1.807) is 32.0 Å². The van der Waals surface area contributed by atoms with Gasteiger partial charge >= 0.3 is 0 Å². The van der Waals surface area contributed by atoms with Crippen molar-refractivity contribution >= 4 is 23.6 Å². The Morgan fingerprint density at radius 2 is 2.12 bits per heavy atom. The van der Waals surface area contributed by atoms with Gasteiger partial charge in [0.05, 0.1) is 5.60 Å². The fourth-order valence-electron chi connectivity index (χ4n) is 1.63. The molecule has 0 radical (unpaired) electrons. The van der Waals surface area contributed by atoms with E-state index in [-0.39, 0.29) is 0 Å². The van der Waals surface area contributed by atoms with Gasteiger partial charge in [-0.3, -0.25) is 4.79 Å². The first-order chi connectivity index (χ1) is 7.33. The minimum atomic E-state index is -0.811. The first kappa shape index (κ1) is 13.0. The van der Waals surface area contributed by atoms with Crippen molar-refractivity contribution in [2.75, 3.05) is 18.5 Å². The van der Waals surface area contributed by atoms with Gasteiger partial charge in [0.2, 0.25) is 0 Å². The lowest BCUT2D eigenvalue weighted by atomic mass is 10.1. The third-order valence-corrected chi connectivity index (χ3v) is 2.39. The topological polar surface area (TPSA) is 40.5 Å². The number of aldehydes is 1. The number of benzene rings is 1. The van der Waals surface area contributed by atoms with Gasteiger partial charge < -0.3 is 10.0 Å². The van der Waals surface area contributed by atoms with Crippen LogP contribution in [-0.2, 0) is 0 Å². The molecule has 0 unspecified atom stereocenters. The van der Waals surface area contributed by atoms with Crippen molar-refractivity contribution in [2.45, 2.75) is 19.4 Å². The summed E-state index contributed by atoms with van der Waals surface area (Å²) in [6, 6.07) is 5.12. The minimum Gasteiger partial charge on any atom is -0.389 e. The fourth-order valence-corrected chi connectivity index (χ4v) is 1.81. The number of rotatable bonds is 4. The van der Waals surface area contributed by atoms with Crippen LogP contribution in [0.25, 0.3) is 0 Å². The Morgan fingerprint density at radius 3 is 2.62 bits per heavy atom. The second-order valence-corrected chi connectivity index (χ2v) is 4.93. The van der Waals surface area contributed by atoms with E-state index in [0.717, 1.165) is 12.0 Å². The Bertz CT molecular complexity index is 385. The summed E-state index contributed by atoms with van der Waals surface area (Å²) in [5.74, 6) is 0. The van der Waals surface area contributed by atoms with Crippen LogP contribution < -0.4 is 4.90 Å². The van der Waals surface area contributed by atoms with Gasteiger partial charge in [-0.2, -0.15) is 0 Å². The first-order valence-electron chi connectivity index (χ1n) is 5.02. The molecule has 1 aromatic rings. The molecule has 0 fully saturated rings. The normalized spacial score (nSPS) is 11.3. The monoisotopic (exact) mass is 241 g/mol. The second kappa shape index (κ2) is 4.85. The van der Waals surface area contributed by atoms with Gasteiger partial charge in [0.25, 0.3) is 0 Å². The first-order valence-corrected chi connectivity index (χ1v) is 5.39. The van der Waals surface area contributed by atoms with E-state index in [4.69, 9.17) is 11.6 Å². The lowest BCUT2D eigenvalue weighted by Gasteiger charge is -2.28. The molecule has 0 saturated carbocycles. The molecule has 0 bridgehead atoms. The predicted molar refractivity (Wildman–Crippen MR) is 66.4 cm³/mol. The molecule has 0 amide bonds. The SMILES string of the molecule is CN(CC(C)(C)O)c1ccc(Cl)cc1C=O. The van der Waals surface area contributed by atoms with Crippen LogP contribution in [0.2, 0.25) is 5.02 Å². The minimum absolute atomic E-state index is 0.440. The number of hydrogen-bond acceptors (Lipinski definition) is 3. The summed E-state index contributed by atoms with van der Waals surface area (Å²) in [4.78, 5) is 12.7. The van der Waals surface area contributed by atoms with E-state index >= 15 is 0 Å². The van der Waals surface area contributed by atoms with E-state index in [9.17, 15) is 9.90 Å². The fraction of sp³-hybridized carbons (Fsp3) is 0.417. The Hall–Kier alpha value is -1.06.